The Morgan fingerprint density at radius 2 is 2.05 bits per heavy atom. The molecule has 3 rings (SSSR count). The van der Waals surface area contributed by atoms with Crippen LogP contribution < -0.4 is 5.73 Å². The van der Waals surface area contributed by atoms with Crippen LogP contribution in [0.5, 0.6) is 0 Å². The lowest BCUT2D eigenvalue weighted by atomic mass is 10.1. The molecule has 2 aromatic heterocycles. The second-order valence-electron chi connectivity index (χ2n) is 6.93. The van der Waals surface area contributed by atoms with Gasteiger partial charge in [0.15, 0.2) is 0 Å². The maximum absolute atomic E-state index is 6.29. The lowest BCUT2D eigenvalue weighted by Gasteiger charge is -2.23. The maximum Gasteiger partial charge on any atom is 0.0897 e. The van der Waals surface area contributed by atoms with Gasteiger partial charge in [0.25, 0.3) is 0 Å². The van der Waals surface area contributed by atoms with E-state index in [1.165, 1.54) is 24.1 Å². The van der Waals surface area contributed by atoms with Crippen molar-refractivity contribution < 1.29 is 4.48 Å². The molecule has 4 nitrogen and oxygen atoms in total. The van der Waals surface area contributed by atoms with Gasteiger partial charge in [-0.15, -0.1) is 0 Å². The number of nitrogens with two attached hydrogens (primary N) is 1. The van der Waals surface area contributed by atoms with Gasteiger partial charge in [-0.3, -0.25) is 0 Å². The Balaban J connectivity index is 1.87. The summed E-state index contributed by atoms with van der Waals surface area (Å²) in [6, 6.07) is 4.36. The predicted molar refractivity (Wildman–Crippen MR) is 82.8 cm³/mol. The van der Waals surface area contributed by atoms with E-state index in [9.17, 15) is 0 Å². The molecule has 0 spiro atoms. The molecule has 20 heavy (non-hydrogen) atoms. The molecule has 0 saturated carbocycles. The van der Waals surface area contributed by atoms with Crippen molar-refractivity contribution in [2.24, 2.45) is 0 Å². The van der Waals surface area contributed by atoms with Gasteiger partial charge in [-0.1, -0.05) is 6.07 Å². The number of quaternary nitrogens is 1. The number of anilines is 1. The van der Waals surface area contributed by atoms with Crippen molar-refractivity contribution in [1.82, 2.24) is 9.61 Å². The summed E-state index contributed by atoms with van der Waals surface area (Å²) in [6.45, 7) is 1.14. The Kier molecular flexibility index (Phi) is 3.21. The minimum absolute atomic E-state index is 0.876. The minimum Gasteiger partial charge on any atom is -0.395 e. The van der Waals surface area contributed by atoms with Crippen molar-refractivity contribution in [2.45, 2.75) is 32.1 Å². The second-order valence-corrected chi connectivity index (χ2v) is 6.93. The number of hydrogen-bond donors (Lipinski definition) is 1. The second kappa shape index (κ2) is 4.77. The van der Waals surface area contributed by atoms with E-state index >= 15 is 0 Å². The Labute approximate surface area is 120 Å². The Bertz CT molecular complexity index is 634. The molecule has 1 aliphatic carbocycles. The number of nitrogen functional groups attached to an aromatic ring is 1. The summed E-state index contributed by atoms with van der Waals surface area (Å²) < 4.78 is 3.08. The molecule has 0 bridgehead atoms. The van der Waals surface area contributed by atoms with Crippen LogP contribution in [0, 0.1) is 0 Å². The van der Waals surface area contributed by atoms with Crippen LogP contribution in [0.1, 0.15) is 29.8 Å². The largest absolute Gasteiger partial charge is 0.395 e. The van der Waals surface area contributed by atoms with Gasteiger partial charge in [0.1, 0.15) is 0 Å². The standard InChI is InChI=1S/C16H25N4/c1-20(2,3)11-5-7-13-16(17)15-10-9-12-6-4-8-14(12)19(15)18-13/h9-10H,4-8,11,17H2,1-3H3/q+1. The Hall–Kier alpha value is -1.55. The minimum atomic E-state index is 0.876. The van der Waals surface area contributed by atoms with Crippen molar-refractivity contribution in [1.29, 1.82) is 0 Å². The van der Waals surface area contributed by atoms with E-state index in [4.69, 9.17) is 10.8 Å². The number of hydrogen-bond acceptors (Lipinski definition) is 2. The van der Waals surface area contributed by atoms with E-state index in [1.807, 2.05) is 0 Å². The first kappa shape index (κ1) is 13.4. The maximum atomic E-state index is 6.29. The molecule has 108 valence electrons. The first-order valence-electron chi connectivity index (χ1n) is 7.54. The van der Waals surface area contributed by atoms with Gasteiger partial charge in [-0.25, -0.2) is 4.52 Å². The first-order chi connectivity index (χ1) is 9.46. The fourth-order valence-corrected chi connectivity index (χ4v) is 3.11. The molecule has 0 radical (unpaired) electrons. The third kappa shape index (κ3) is 2.40. The molecule has 2 heterocycles. The fourth-order valence-electron chi connectivity index (χ4n) is 3.11. The molecule has 0 aliphatic heterocycles. The highest BCUT2D eigenvalue weighted by Crippen LogP contribution is 2.27. The summed E-state index contributed by atoms with van der Waals surface area (Å²) in [7, 11) is 6.67. The Morgan fingerprint density at radius 1 is 1.25 bits per heavy atom. The van der Waals surface area contributed by atoms with Crippen molar-refractivity contribution in [3.05, 3.63) is 29.1 Å². The summed E-state index contributed by atoms with van der Waals surface area (Å²) >= 11 is 0. The van der Waals surface area contributed by atoms with Crippen LogP contribution in [0.4, 0.5) is 5.69 Å². The number of aryl methyl sites for hydroxylation is 3. The molecule has 0 saturated heterocycles. The highest BCUT2D eigenvalue weighted by molar-refractivity contribution is 5.73. The van der Waals surface area contributed by atoms with Gasteiger partial charge in [0, 0.05) is 12.1 Å². The number of fused-ring (bicyclic) bond motifs is 3. The predicted octanol–water partition coefficient (Wildman–Crippen LogP) is 2.04. The van der Waals surface area contributed by atoms with Crippen molar-refractivity contribution in [3.63, 3.8) is 0 Å². The van der Waals surface area contributed by atoms with E-state index in [0.717, 1.165) is 47.2 Å². The SMILES string of the molecule is C[N+](C)(C)CCCc1nn2c3c(ccc2c1N)CCC3. The average Bonchev–Trinajstić information content (AvgIpc) is 2.93. The van der Waals surface area contributed by atoms with Crippen molar-refractivity contribution >= 4 is 11.2 Å². The molecule has 0 unspecified atom stereocenters. The van der Waals surface area contributed by atoms with Gasteiger partial charge in [-0.2, -0.15) is 5.10 Å². The first-order valence-corrected chi connectivity index (χ1v) is 7.54. The van der Waals surface area contributed by atoms with E-state index in [1.54, 1.807) is 0 Å². The van der Waals surface area contributed by atoms with Gasteiger partial charge in [-0.05, 0) is 37.3 Å². The highest BCUT2D eigenvalue weighted by atomic mass is 15.3. The zero-order valence-electron chi connectivity index (χ0n) is 12.8. The average molecular weight is 273 g/mol. The summed E-state index contributed by atoms with van der Waals surface area (Å²) in [5, 5.41) is 4.79. The summed E-state index contributed by atoms with van der Waals surface area (Å²) in [6.07, 6.45) is 5.65. The normalized spacial score (nSPS) is 14.9. The van der Waals surface area contributed by atoms with Crippen LogP contribution in [0.25, 0.3) is 5.52 Å². The quantitative estimate of drug-likeness (QED) is 0.866. The molecule has 0 atom stereocenters. The molecule has 0 amide bonds. The molecular formula is C16H25N4+. The number of pyridine rings is 1. The fraction of sp³-hybridized carbons (Fsp3) is 0.562. The zero-order valence-corrected chi connectivity index (χ0v) is 12.8. The Morgan fingerprint density at radius 3 is 2.80 bits per heavy atom. The number of aromatic nitrogens is 2. The van der Waals surface area contributed by atoms with E-state index in [-0.39, 0.29) is 0 Å². The molecule has 2 aromatic rings. The molecule has 0 fully saturated rings. The van der Waals surface area contributed by atoms with Crippen LogP contribution in [-0.4, -0.2) is 41.8 Å². The van der Waals surface area contributed by atoms with E-state index in [0.29, 0.717) is 0 Å². The number of nitrogens with zero attached hydrogens (tertiary/aromatic N) is 3. The van der Waals surface area contributed by atoms with E-state index in [2.05, 4.69) is 37.8 Å². The van der Waals surface area contributed by atoms with Crippen LogP contribution in [0.2, 0.25) is 0 Å². The molecular weight excluding hydrogens is 248 g/mol. The van der Waals surface area contributed by atoms with Crippen LogP contribution in [0.15, 0.2) is 12.1 Å². The smallest absolute Gasteiger partial charge is 0.0897 e. The molecule has 0 aromatic carbocycles. The molecule has 1 aliphatic rings. The van der Waals surface area contributed by atoms with Gasteiger partial charge in [0.05, 0.1) is 44.6 Å². The lowest BCUT2D eigenvalue weighted by molar-refractivity contribution is -0.870. The number of rotatable bonds is 4. The summed E-state index contributed by atoms with van der Waals surface area (Å²) in [4.78, 5) is 0. The van der Waals surface area contributed by atoms with Crippen LogP contribution >= 0.6 is 0 Å². The van der Waals surface area contributed by atoms with Gasteiger partial charge in [0.2, 0.25) is 0 Å². The van der Waals surface area contributed by atoms with Crippen molar-refractivity contribution in [3.8, 4) is 0 Å². The third-order valence-corrected chi connectivity index (χ3v) is 4.21. The molecule has 2 N–H and O–H groups in total. The van der Waals surface area contributed by atoms with Crippen LogP contribution in [0.3, 0.4) is 0 Å². The monoisotopic (exact) mass is 273 g/mol. The zero-order chi connectivity index (χ0) is 14.3. The summed E-state index contributed by atoms with van der Waals surface area (Å²) in [5.41, 5.74) is 12.1. The van der Waals surface area contributed by atoms with Crippen LogP contribution in [-0.2, 0) is 19.3 Å². The van der Waals surface area contributed by atoms with Crippen molar-refractivity contribution in [2.75, 3.05) is 33.4 Å². The molecule has 4 heteroatoms. The van der Waals surface area contributed by atoms with Gasteiger partial charge >= 0.3 is 0 Å². The van der Waals surface area contributed by atoms with E-state index < -0.39 is 0 Å². The topological polar surface area (TPSA) is 43.3 Å². The summed E-state index contributed by atoms with van der Waals surface area (Å²) in [5.74, 6) is 0. The lowest BCUT2D eigenvalue weighted by Crippen LogP contribution is -2.35. The highest BCUT2D eigenvalue weighted by Gasteiger charge is 2.18. The van der Waals surface area contributed by atoms with Gasteiger partial charge < -0.3 is 10.2 Å². The third-order valence-electron chi connectivity index (χ3n) is 4.21.